The zero-order chi connectivity index (χ0) is 13.4. The number of fused-ring (bicyclic) bond motifs is 1. The Hall–Kier alpha value is -1.85. The first kappa shape index (κ1) is 12.2. The van der Waals surface area contributed by atoms with Gasteiger partial charge in [0, 0.05) is 25.0 Å². The summed E-state index contributed by atoms with van der Waals surface area (Å²) < 4.78 is 7.33. The van der Waals surface area contributed by atoms with Crippen LogP contribution in [0, 0.1) is 0 Å². The molecule has 3 aromatic rings. The number of hydrogen-bond acceptors (Lipinski definition) is 4. The van der Waals surface area contributed by atoms with E-state index in [0.29, 0.717) is 6.54 Å². The third-order valence-electron chi connectivity index (χ3n) is 3.25. The van der Waals surface area contributed by atoms with E-state index in [4.69, 9.17) is 15.5 Å². The highest BCUT2D eigenvalue weighted by atomic mass is 32.1. The molecule has 1 aromatic carbocycles. The highest BCUT2D eigenvalue weighted by Gasteiger charge is 2.13. The lowest BCUT2D eigenvalue weighted by atomic mass is 10.2. The molecule has 0 amide bonds. The van der Waals surface area contributed by atoms with Crippen molar-refractivity contribution in [2.45, 2.75) is 6.54 Å². The number of thiophene rings is 1. The van der Waals surface area contributed by atoms with Crippen LogP contribution in [0.25, 0.3) is 21.7 Å². The van der Waals surface area contributed by atoms with E-state index in [1.54, 1.807) is 18.4 Å². The lowest BCUT2D eigenvalue weighted by Crippen LogP contribution is -1.97. The molecule has 2 aromatic heterocycles. The third kappa shape index (κ3) is 1.91. The first-order chi connectivity index (χ1) is 9.24. The molecule has 4 nitrogen and oxygen atoms in total. The molecule has 19 heavy (non-hydrogen) atoms. The number of rotatable bonds is 3. The molecule has 0 aliphatic heterocycles. The zero-order valence-electron chi connectivity index (χ0n) is 10.9. The van der Waals surface area contributed by atoms with Crippen LogP contribution in [0.15, 0.2) is 29.6 Å². The number of nitrogens with two attached hydrogens (primary N) is 1. The Labute approximate surface area is 115 Å². The number of aryl methyl sites for hydroxylation is 1. The van der Waals surface area contributed by atoms with E-state index in [2.05, 4.69) is 10.6 Å². The zero-order valence-corrected chi connectivity index (χ0v) is 11.7. The number of ether oxygens (including phenoxy) is 1. The van der Waals surface area contributed by atoms with Crippen molar-refractivity contribution in [3.05, 3.63) is 35.2 Å². The second-order valence-corrected chi connectivity index (χ2v) is 5.25. The van der Waals surface area contributed by atoms with Crippen molar-refractivity contribution in [3.63, 3.8) is 0 Å². The predicted octanol–water partition coefficient (Wildman–Crippen LogP) is 2.77. The van der Waals surface area contributed by atoms with E-state index >= 15 is 0 Å². The number of aromatic nitrogens is 2. The summed E-state index contributed by atoms with van der Waals surface area (Å²) in [5, 5.41) is 1.98. The Bertz CT molecular complexity index is 729. The maximum absolute atomic E-state index is 5.77. The van der Waals surface area contributed by atoms with E-state index in [1.807, 2.05) is 30.6 Å². The smallest absolute Gasteiger partial charge is 0.151 e. The van der Waals surface area contributed by atoms with Crippen LogP contribution in [0.4, 0.5) is 0 Å². The second kappa shape index (κ2) is 4.68. The first-order valence-corrected chi connectivity index (χ1v) is 6.90. The van der Waals surface area contributed by atoms with Crippen LogP contribution in [-0.2, 0) is 13.6 Å². The van der Waals surface area contributed by atoms with Crippen molar-refractivity contribution in [3.8, 4) is 16.5 Å². The third-order valence-corrected chi connectivity index (χ3v) is 4.15. The van der Waals surface area contributed by atoms with Gasteiger partial charge in [-0.15, -0.1) is 11.3 Å². The maximum Gasteiger partial charge on any atom is 0.151 e. The van der Waals surface area contributed by atoms with Crippen molar-refractivity contribution in [2.75, 3.05) is 7.11 Å². The van der Waals surface area contributed by atoms with Crippen LogP contribution in [0.5, 0.6) is 5.75 Å². The lowest BCUT2D eigenvalue weighted by molar-refractivity contribution is 0.417. The molecule has 0 unspecified atom stereocenters. The van der Waals surface area contributed by atoms with Gasteiger partial charge >= 0.3 is 0 Å². The van der Waals surface area contributed by atoms with Crippen molar-refractivity contribution < 1.29 is 4.74 Å². The summed E-state index contributed by atoms with van der Waals surface area (Å²) in [5.41, 5.74) is 8.93. The fourth-order valence-electron chi connectivity index (χ4n) is 2.20. The number of benzene rings is 1. The van der Waals surface area contributed by atoms with E-state index in [1.165, 1.54) is 0 Å². The summed E-state index contributed by atoms with van der Waals surface area (Å²) in [6.45, 7) is 0.502. The molecule has 0 atom stereocenters. The van der Waals surface area contributed by atoms with Gasteiger partial charge in [0.05, 0.1) is 23.0 Å². The van der Waals surface area contributed by atoms with Gasteiger partial charge < -0.3 is 15.0 Å². The van der Waals surface area contributed by atoms with Crippen LogP contribution in [0.1, 0.15) is 5.56 Å². The fourth-order valence-corrected chi connectivity index (χ4v) is 3.08. The summed E-state index contributed by atoms with van der Waals surface area (Å²) in [5.74, 6) is 1.82. The Morgan fingerprint density at radius 3 is 2.95 bits per heavy atom. The number of nitrogens with zero attached hydrogens (tertiary/aromatic N) is 2. The standard InChI is InChI=1S/C14H15N3OS/c1-17-11-5-3-4-9(7-15)13(11)16-14(17)12-6-10(18-2)8-19-12/h3-6,8H,7,15H2,1-2H3. The molecular formula is C14H15N3OS. The average Bonchev–Trinajstić information content (AvgIpc) is 3.03. The van der Waals surface area contributed by atoms with Gasteiger partial charge in [-0.3, -0.25) is 0 Å². The first-order valence-electron chi connectivity index (χ1n) is 6.02. The molecule has 0 saturated carbocycles. The SMILES string of the molecule is COc1csc(-c2nc3c(CN)cccc3n2C)c1. The van der Waals surface area contributed by atoms with Crippen LogP contribution < -0.4 is 10.5 Å². The highest BCUT2D eigenvalue weighted by molar-refractivity contribution is 7.13. The molecule has 2 heterocycles. The quantitative estimate of drug-likeness (QED) is 0.798. The molecule has 3 rings (SSSR count). The summed E-state index contributed by atoms with van der Waals surface area (Å²) in [6, 6.07) is 8.11. The minimum absolute atomic E-state index is 0.502. The lowest BCUT2D eigenvalue weighted by Gasteiger charge is -1.99. The number of hydrogen-bond donors (Lipinski definition) is 1. The topological polar surface area (TPSA) is 53.1 Å². The summed E-state index contributed by atoms with van der Waals surface area (Å²) in [6.07, 6.45) is 0. The summed E-state index contributed by atoms with van der Waals surface area (Å²) in [7, 11) is 3.70. The van der Waals surface area contributed by atoms with Gasteiger partial charge in [0.1, 0.15) is 5.75 Å². The van der Waals surface area contributed by atoms with Crippen molar-refractivity contribution in [1.82, 2.24) is 9.55 Å². The Morgan fingerprint density at radius 1 is 1.42 bits per heavy atom. The largest absolute Gasteiger partial charge is 0.496 e. The molecule has 0 saturated heterocycles. The Morgan fingerprint density at radius 2 is 2.26 bits per heavy atom. The minimum Gasteiger partial charge on any atom is -0.496 e. The van der Waals surface area contributed by atoms with Gasteiger partial charge in [0.25, 0.3) is 0 Å². The Balaban J connectivity index is 2.22. The van der Waals surface area contributed by atoms with Gasteiger partial charge in [-0.25, -0.2) is 4.98 Å². The molecule has 0 aliphatic rings. The van der Waals surface area contributed by atoms with Crippen molar-refractivity contribution >= 4 is 22.4 Å². The molecule has 0 radical (unpaired) electrons. The van der Waals surface area contributed by atoms with Gasteiger partial charge in [-0.05, 0) is 11.6 Å². The molecule has 2 N–H and O–H groups in total. The number of para-hydroxylation sites is 1. The Kier molecular flexibility index (Phi) is 3.00. The normalized spacial score (nSPS) is 11.1. The van der Waals surface area contributed by atoms with Crippen LogP contribution in [0.3, 0.4) is 0 Å². The van der Waals surface area contributed by atoms with E-state index in [0.717, 1.165) is 33.0 Å². The molecule has 0 spiro atoms. The maximum atomic E-state index is 5.77. The fraction of sp³-hybridized carbons (Fsp3) is 0.214. The molecule has 98 valence electrons. The number of methoxy groups -OCH3 is 1. The van der Waals surface area contributed by atoms with E-state index in [9.17, 15) is 0 Å². The summed E-state index contributed by atoms with van der Waals surface area (Å²) >= 11 is 1.63. The van der Waals surface area contributed by atoms with Crippen molar-refractivity contribution in [2.24, 2.45) is 12.8 Å². The second-order valence-electron chi connectivity index (χ2n) is 4.33. The molecule has 0 aliphatic carbocycles. The van der Waals surface area contributed by atoms with Gasteiger partial charge in [-0.2, -0.15) is 0 Å². The van der Waals surface area contributed by atoms with Gasteiger partial charge in [0.15, 0.2) is 5.82 Å². The van der Waals surface area contributed by atoms with E-state index in [-0.39, 0.29) is 0 Å². The average molecular weight is 273 g/mol. The molecule has 0 fully saturated rings. The summed E-state index contributed by atoms with van der Waals surface area (Å²) in [4.78, 5) is 5.83. The minimum atomic E-state index is 0.502. The van der Waals surface area contributed by atoms with E-state index < -0.39 is 0 Å². The van der Waals surface area contributed by atoms with Crippen LogP contribution in [-0.4, -0.2) is 16.7 Å². The van der Waals surface area contributed by atoms with Gasteiger partial charge in [0.2, 0.25) is 0 Å². The predicted molar refractivity (Wildman–Crippen MR) is 78.5 cm³/mol. The molecule has 5 heteroatoms. The van der Waals surface area contributed by atoms with Crippen LogP contribution >= 0.6 is 11.3 Å². The monoisotopic (exact) mass is 273 g/mol. The molecular weight excluding hydrogens is 258 g/mol. The van der Waals surface area contributed by atoms with Crippen LogP contribution in [0.2, 0.25) is 0 Å². The van der Waals surface area contributed by atoms with Gasteiger partial charge in [-0.1, -0.05) is 12.1 Å². The number of imidazole rings is 1. The van der Waals surface area contributed by atoms with Crippen molar-refractivity contribution in [1.29, 1.82) is 0 Å². The molecule has 0 bridgehead atoms. The highest BCUT2D eigenvalue weighted by Crippen LogP contribution is 2.32.